The van der Waals surface area contributed by atoms with Gasteiger partial charge in [0.05, 0.1) is 10.6 Å². The van der Waals surface area contributed by atoms with Crippen LogP contribution in [0.2, 0.25) is 0 Å². The Bertz CT molecular complexity index is 1680. The van der Waals surface area contributed by atoms with Crippen molar-refractivity contribution in [2.75, 3.05) is 10.8 Å². The fourth-order valence-electron chi connectivity index (χ4n) is 4.96. The van der Waals surface area contributed by atoms with Crippen molar-refractivity contribution in [1.29, 1.82) is 0 Å². The van der Waals surface area contributed by atoms with Gasteiger partial charge in [0.15, 0.2) is 0 Å². The van der Waals surface area contributed by atoms with Crippen molar-refractivity contribution >= 4 is 27.5 Å². The van der Waals surface area contributed by atoms with Crippen molar-refractivity contribution in [2.45, 2.75) is 57.6 Å². The molecule has 0 spiro atoms. The lowest BCUT2D eigenvalue weighted by Crippen LogP contribution is -2.54. The van der Waals surface area contributed by atoms with Gasteiger partial charge >= 0.3 is 0 Å². The molecule has 0 aliphatic heterocycles. The van der Waals surface area contributed by atoms with E-state index in [4.69, 9.17) is 0 Å². The average molecular weight is 616 g/mol. The van der Waals surface area contributed by atoms with Crippen molar-refractivity contribution in [1.82, 2.24) is 10.2 Å². The van der Waals surface area contributed by atoms with Crippen LogP contribution in [0.5, 0.6) is 0 Å². The predicted octanol–water partition coefficient (Wildman–Crippen LogP) is 5.80. The van der Waals surface area contributed by atoms with Gasteiger partial charge < -0.3 is 10.2 Å². The third kappa shape index (κ3) is 7.90. The first kappa shape index (κ1) is 32.4. The molecule has 0 aliphatic rings. The molecule has 2 amide bonds. The van der Waals surface area contributed by atoms with Gasteiger partial charge in [0.25, 0.3) is 10.0 Å². The van der Waals surface area contributed by atoms with Crippen LogP contribution >= 0.6 is 0 Å². The Morgan fingerprint density at radius 3 is 2.02 bits per heavy atom. The Balaban J connectivity index is 1.82. The van der Waals surface area contributed by atoms with Crippen molar-refractivity contribution in [3.8, 4) is 0 Å². The van der Waals surface area contributed by atoms with E-state index in [0.717, 1.165) is 15.4 Å². The van der Waals surface area contributed by atoms with Crippen LogP contribution in [0.25, 0.3) is 0 Å². The molecule has 44 heavy (non-hydrogen) atoms. The maximum Gasteiger partial charge on any atom is 0.264 e. The highest BCUT2D eigenvalue weighted by atomic mass is 32.2. The van der Waals surface area contributed by atoms with Gasteiger partial charge in [0.2, 0.25) is 11.8 Å². The largest absolute Gasteiger partial charge is 0.352 e. The molecule has 9 heteroatoms. The fraction of sp³-hybridized carbons (Fsp3) is 0.257. The Labute approximate surface area is 259 Å². The molecule has 230 valence electrons. The summed E-state index contributed by atoms with van der Waals surface area (Å²) in [5.41, 5.74) is 3.37. The monoisotopic (exact) mass is 615 g/mol. The van der Waals surface area contributed by atoms with Crippen LogP contribution < -0.4 is 9.62 Å². The first-order valence-corrected chi connectivity index (χ1v) is 15.9. The number of amides is 2. The Morgan fingerprint density at radius 1 is 0.795 bits per heavy atom. The second-order valence-corrected chi connectivity index (χ2v) is 12.9. The maximum absolute atomic E-state index is 14.5. The van der Waals surface area contributed by atoms with E-state index in [9.17, 15) is 22.4 Å². The molecule has 0 unspecified atom stereocenters. The van der Waals surface area contributed by atoms with Gasteiger partial charge in [0.1, 0.15) is 18.4 Å². The molecule has 7 nitrogen and oxygen atoms in total. The van der Waals surface area contributed by atoms with Crippen LogP contribution in [-0.2, 0) is 32.6 Å². The summed E-state index contributed by atoms with van der Waals surface area (Å²) in [5.74, 6) is -1.38. The van der Waals surface area contributed by atoms with Crippen molar-refractivity contribution in [3.63, 3.8) is 0 Å². The molecule has 1 N–H and O–H groups in total. The number of aryl methyl sites for hydroxylation is 1. The van der Waals surface area contributed by atoms with Gasteiger partial charge in [-0.25, -0.2) is 12.8 Å². The van der Waals surface area contributed by atoms with E-state index in [2.05, 4.69) is 5.32 Å². The smallest absolute Gasteiger partial charge is 0.264 e. The Kier molecular flexibility index (Phi) is 10.5. The van der Waals surface area contributed by atoms with Crippen LogP contribution in [-0.4, -0.2) is 43.8 Å². The highest BCUT2D eigenvalue weighted by molar-refractivity contribution is 7.92. The highest BCUT2D eigenvalue weighted by Gasteiger charge is 2.35. The van der Waals surface area contributed by atoms with E-state index < -0.39 is 34.3 Å². The van der Waals surface area contributed by atoms with Crippen LogP contribution in [0, 0.1) is 19.7 Å². The summed E-state index contributed by atoms with van der Waals surface area (Å²) < 4.78 is 43.2. The van der Waals surface area contributed by atoms with Gasteiger partial charge in [-0.15, -0.1) is 0 Å². The first-order valence-electron chi connectivity index (χ1n) is 14.5. The van der Waals surface area contributed by atoms with Crippen LogP contribution in [0.15, 0.2) is 108 Å². The van der Waals surface area contributed by atoms with E-state index in [-0.39, 0.29) is 29.8 Å². The zero-order valence-corrected chi connectivity index (χ0v) is 26.2. The van der Waals surface area contributed by atoms with E-state index in [1.54, 1.807) is 42.5 Å². The highest BCUT2D eigenvalue weighted by Crippen LogP contribution is 2.29. The molecule has 0 radical (unpaired) electrons. The summed E-state index contributed by atoms with van der Waals surface area (Å²) >= 11 is 0. The number of hydrogen-bond acceptors (Lipinski definition) is 4. The molecule has 4 rings (SSSR count). The summed E-state index contributed by atoms with van der Waals surface area (Å²) in [6, 6.07) is 27.1. The maximum atomic E-state index is 14.5. The lowest BCUT2D eigenvalue weighted by atomic mass is 10.0. The summed E-state index contributed by atoms with van der Waals surface area (Å²) in [6.07, 6.45) is 0.196. The summed E-state index contributed by atoms with van der Waals surface area (Å²) in [6.45, 7) is 6.77. The topological polar surface area (TPSA) is 86.8 Å². The van der Waals surface area contributed by atoms with Crippen molar-refractivity contribution in [2.24, 2.45) is 0 Å². The number of carbonyl (C=O) groups is 2. The summed E-state index contributed by atoms with van der Waals surface area (Å²) in [4.78, 5) is 29.6. The molecule has 1 atom stereocenters. The Hall–Kier alpha value is -4.50. The third-order valence-electron chi connectivity index (χ3n) is 7.42. The van der Waals surface area contributed by atoms with Crippen molar-refractivity contribution in [3.05, 3.63) is 131 Å². The van der Waals surface area contributed by atoms with Crippen molar-refractivity contribution < 1.29 is 22.4 Å². The zero-order valence-electron chi connectivity index (χ0n) is 25.4. The third-order valence-corrected chi connectivity index (χ3v) is 9.20. The lowest BCUT2D eigenvalue weighted by molar-refractivity contribution is -0.140. The SMILES string of the molecule is Cc1cccc(N(CC(=O)N(Cc2ccc(F)cc2)[C@@H](Cc2ccccc2)C(=O)NC(C)C)S(=O)(=O)c2ccccc2)c1C. The molecular formula is C35H38FN3O4S. The minimum atomic E-state index is -4.19. The van der Waals surface area contributed by atoms with Gasteiger partial charge in [-0.2, -0.15) is 0 Å². The van der Waals surface area contributed by atoms with Gasteiger partial charge in [-0.05, 0) is 80.3 Å². The number of carbonyl (C=O) groups excluding carboxylic acids is 2. The van der Waals surface area contributed by atoms with Crippen LogP contribution in [0.1, 0.15) is 36.1 Å². The Morgan fingerprint density at radius 2 is 1.41 bits per heavy atom. The van der Waals surface area contributed by atoms with Gasteiger partial charge in [0, 0.05) is 19.0 Å². The number of anilines is 1. The minimum Gasteiger partial charge on any atom is -0.352 e. The quantitative estimate of drug-likeness (QED) is 0.218. The van der Waals surface area contributed by atoms with Gasteiger partial charge in [-0.1, -0.05) is 72.8 Å². The molecule has 0 saturated heterocycles. The molecule has 4 aromatic rings. The fourth-order valence-corrected chi connectivity index (χ4v) is 6.45. The molecule has 0 saturated carbocycles. The first-order chi connectivity index (χ1) is 21.0. The number of rotatable bonds is 12. The molecule has 0 fully saturated rings. The van der Waals surface area contributed by atoms with E-state index in [1.165, 1.54) is 29.2 Å². The number of benzene rings is 4. The molecule has 0 aromatic heterocycles. The van der Waals surface area contributed by atoms with Crippen LogP contribution in [0.4, 0.5) is 10.1 Å². The minimum absolute atomic E-state index is 0.0336. The van der Waals surface area contributed by atoms with E-state index in [1.807, 2.05) is 64.1 Å². The number of hydrogen-bond donors (Lipinski definition) is 1. The molecule has 0 bridgehead atoms. The molecule has 0 aliphatic carbocycles. The average Bonchev–Trinajstić information content (AvgIpc) is 3.00. The number of halogens is 1. The second kappa shape index (κ2) is 14.3. The number of nitrogens with one attached hydrogen (secondary N) is 1. The predicted molar refractivity (Wildman–Crippen MR) is 171 cm³/mol. The number of sulfonamides is 1. The summed E-state index contributed by atoms with van der Waals surface area (Å²) in [5, 5.41) is 2.93. The number of nitrogens with zero attached hydrogens (tertiary/aromatic N) is 2. The normalized spacial score (nSPS) is 12.0. The molecular weight excluding hydrogens is 577 g/mol. The molecule has 0 heterocycles. The van der Waals surface area contributed by atoms with Gasteiger partial charge in [-0.3, -0.25) is 13.9 Å². The molecule has 4 aromatic carbocycles. The standard InChI is InChI=1S/C35H38FN3O4S/c1-25(2)37-35(41)33(22-28-13-7-5-8-14-28)38(23-29-18-20-30(36)21-19-29)34(40)24-39(32-17-11-12-26(3)27(32)4)44(42,43)31-15-9-6-10-16-31/h5-21,25,33H,22-24H2,1-4H3,(H,37,41)/t33-/m0/s1. The van der Waals surface area contributed by atoms with E-state index in [0.29, 0.717) is 16.8 Å². The summed E-state index contributed by atoms with van der Waals surface area (Å²) in [7, 11) is -4.19. The van der Waals surface area contributed by atoms with E-state index >= 15 is 0 Å². The second-order valence-electron chi connectivity index (χ2n) is 11.1. The lowest BCUT2D eigenvalue weighted by Gasteiger charge is -2.34. The zero-order chi connectivity index (χ0) is 31.9. The van der Waals surface area contributed by atoms with Crippen LogP contribution in [0.3, 0.4) is 0 Å².